The molecule has 1 N–H and O–H groups in total. The minimum atomic E-state index is -0.261. The summed E-state index contributed by atoms with van der Waals surface area (Å²) in [4.78, 5) is 22.3. The average Bonchev–Trinajstić information content (AvgIpc) is 3.48. The Balaban J connectivity index is 1.24. The van der Waals surface area contributed by atoms with Crippen LogP contribution >= 0.6 is 0 Å². The fraction of sp³-hybridized carbons (Fsp3) is 0.231. The summed E-state index contributed by atoms with van der Waals surface area (Å²) in [6.45, 7) is 3.71. The number of aromatic nitrogens is 2. The van der Waals surface area contributed by atoms with Crippen LogP contribution in [0, 0.1) is 6.92 Å². The first-order valence-electron chi connectivity index (χ1n) is 10.7. The van der Waals surface area contributed by atoms with Crippen LogP contribution in [0.3, 0.4) is 0 Å². The normalized spacial score (nSPS) is 16.0. The van der Waals surface area contributed by atoms with Crippen LogP contribution < -0.4 is 0 Å². The van der Waals surface area contributed by atoms with Crippen molar-refractivity contribution in [1.82, 2.24) is 14.9 Å². The second-order valence-corrected chi connectivity index (χ2v) is 8.22. The zero-order valence-corrected chi connectivity index (χ0v) is 17.5. The largest absolute Gasteiger partial charge is 0.445 e. The van der Waals surface area contributed by atoms with Crippen LogP contribution in [-0.2, 0) is 11.3 Å². The maximum Gasteiger partial charge on any atom is 0.410 e. The lowest BCUT2D eigenvalue weighted by molar-refractivity contribution is 0.104. The molecule has 1 fully saturated rings. The van der Waals surface area contributed by atoms with Gasteiger partial charge in [0.25, 0.3) is 0 Å². The lowest BCUT2D eigenvalue weighted by atomic mass is 10.0. The number of ether oxygens (including phenoxy) is 1. The van der Waals surface area contributed by atoms with Gasteiger partial charge in [-0.05, 0) is 35.7 Å². The Labute approximate surface area is 181 Å². The summed E-state index contributed by atoms with van der Waals surface area (Å²) in [7, 11) is 0. The van der Waals surface area contributed by atoms with Crippen LogP contribution in [0.4, 0.5) is 4.79 Å². The van der Waals surface area contributed by atoms with E-state index in [-0.39, 0.29) is 12.0 Å². The molecule has 31 heavy (non-hydrogen) atoms. The number of carbonyl (C=O) groups excluding carboxylic acids is 1. The molecule has 1 aromatic heterocycles. The molecule has 0 bridgehead atoms. The van der Waals surface area contributed by atoms with Crippen LogP contribution in [0.1, 0.15) is 29.3 Å². The van der Waals surface area contributed by atoms with Crippen molar-refractivity contribution in [3.8, 4) is 11.3 Å². The van der Waals surface area contributed by atoms with E-state index < -0.39 is 0 Å². The van der Waals surface area contributed by atoms with Crippen LogP contribution in [0.25, 0.3) is 22.0 Å². The average molecular weight is 412 g/mol. The Morgan fingerprint density at radius 3 is 2.77 bits per heavy atom. The molecule has 1 amide bonds. The van der Waals surface area contributed by atoms with Crippen molar-refractivity contribution in [2.45, 2.75) is 25.9 Å². The highest BCUT2D eigenvalue weighted by Crippen LogP contribution is 2.29. The van der Waals surface area contributed by atoms with Gasteiger partial charge in [0.15, 0.2) is 0 Å². The van der Waals surface area contributed by atoms with E-state index in [1.165, 1.54) is 16.3 Å². The van der Waals surface area contributed by atoms with E-state index in [1.54, 1.807) is 4.90 Å². The van der Waals surface area contributed by atoms with Gasteiger partial charge < -0.3 is 14.6 Å². The maximum atomic E-state index is 12.4. The summed E-state index contributed by atoms with van der Waals surface area (Å²) < 4.78 is 5.48. The molecular weight excluding hydrogens is 386 g/mol. The predicted octanol–water partition coefficient (Wildman–Crippen LogP) is 5.66. The Hall–Kier alpha value is -3.60. The van der Waals surface area contributed by atoms with Crippen LogP contribution in [-0.4, -0.2) is 34.1 Å². The Bertz CT molecular complexity index is 1220. The third-order valence-corrected chi connectivity index (χ3v) is 5.94. The van der Waals surface area contributed by atoms with Crippen LogP contribution in [0.2, 0.25) is 0 Å². The van der Waals surface area contributed by atoms with E-state index in [4.69, 9.17) is 4.74 Å². The number of likely N-dealkylation sites (tertiary alicyclic amines) is 1. The number of nitrogens with one attached hydrogen (secondary N) is 1. The highest BCUT2D eigenvalue weighted by Gasteiger charge is 2.30. The maximum absolute atomic E-state index is 12.4. The number of carbonyl (C=O) groups is 1. The molecule has 3 aromatic carbocycles. The molecule has 156 valence electrons. The molecule has 1 atom stereocenters. The van der Waals surface area contributed by atoms with Crippen LogP contribution in [0.15, 0.2) is 72.9 Å². The molecule has 0 radical (unpaired) electrons. The standard InChI is InChI=1S/C26H25N3O2/c1-18-7-8-21-14-22(10-9-20(21)13-18)24-15-27-25(28-24)23-11-12-29(16-23)26(30)31-17-19-5-3-2-4-6-19/h2-10,13-15,23H,11-12,16-17H2,1H3,(H,27,28). The summed E-state index contributed by atoms with van der Waals surface area (Å²) in [5.41, 5.74) is 4.37. The number of hydrogen-bond donors (Lipinski definition) is 1. The van der Waals surface area contributed by atoms with E-state index in [2.05, 4.69) is 53.3 Å². The number of benzene rings is 3. The van der Waals surface area contributed by atoms with Gasteiger partial charge in [-0.1, -0.05) is 66.2 Å². The van der Waals surface area contributed by atoms with E-state index in [0.29, 0.717) is 19.7 Å². The first kappa shape index (κ1) is 19.4. The third-order valence-electron chi connectivity index (χ3n) is 5.94. The molecule has 0 aliphatic carbocycles. The molecule has 5 rings (SSSR count). The van der Waals surface area contributed by atoms with Gasteiger partial charge in [-0.2, -0.15) is 0 Å². The lowest BCUT2D eigenvalue weighted by Crippen LogP contribution is -2.29. The molecule has 1 unspecified atom stereocenters. The Morgan fingerprint density at radius 1 is 1.10 bits per heavy atom. The van der Waals surface area contributed by atoms with Crippen LogP contribution in [0.5, 0.6) is 0 Å². The smallest absolute Gasteiger partial charge is 0.410 e. The number of imidazole rings is 1. The minimum Gasteiger partial charge on any atom is -0.445 e. The van der Waals surface area contributed by atoms with Crippen molar-refractivity contribution in [1.29, 1.82) is 0 Å². The second kappa shape index (κ2) is 8.26. The molecule has 1 saturated heterocycles. The monoisotopic (exact) mass is 411 g/mol. The fourth-order valence-electron chi connectivity index (χ4n) is 4.18. The zero-order valence-electron chi connectivity index (χ0n) is 17.5. The van der Waals surface area contributed by atoms with E-state index >= 15 is 0 Å². The van der Waals surface area contributed by atoms with Gasteiger partial charge in [0.1, 0.15) is 12.4 Å². The van der Waals surface area contributed by atoms with Gasteiger partial charge in [0.05, 0.1) is 11.9 Å². The lowest BCUT2D eigenvalue weighted by Gasteiger charge is -2.16. The molecule has 5 heteroatoms. The number of rotatable bonds is 4. The zero-order chi connectivity index (χ0) is 21.2. The number of hydrogen-bond acceptors (Lipinski definition) is 3. The van der Waals surface area contributed by atoms with Crippen molar-refractivity contribution in [3.63, 3.8) is 0 Å². The molecule has 4 aromatic rings. The van der Waals surface area contributed by atoms with Crippen molar-refractivity contribution >= 4 is 16.9 Å². The van der Waals surface area contributed by atoms with E-state index in [0.717, 1.165) is 29.1 Å². The fourth-order valence-corrected chi connectivity index (χ4v) is 4.18. The number of aromatic amines is 1. The number of nitrogens with zero attached hydrogens (tertiary/aromatic N) is 2. The molecular formula is C26H25N3O2. The highest BCUT2D eigenvalue weighted by atomic mass is 16.6. The predicted molar refractivity (Wildman–Crippen MR) is 122 cm³/mol. The summed E-state index contributed by atoms with van der Waals surface area (Å²) in [6.07, 6.45) is 2.51. The van der Waals surface area contributed by atoms with E-state index in [1.807, 2.05) is 36.5 Å². The summed E-state index contributed by atoms with van der Waals surface area (Å²) in [5.74, 6) is 1.12. The molecule has 1 aliphatic rings. The van der Waals surface area contributed by atoms with Crippen molar-refractivity contribution in [3.05, 3.63) is 89.9 Å². The van der Waals surface area contributed by atoms with Crippen molar-refractivity contribution in [2.75, 3.05) is 13.1 Å². The number of aryl methyl sites for hydroxylation is 1. The molecule has 0 saturated carbocycles. The number of amides is 1. The van der Waals surface area contributed by atoms with Gasteiger partial charge in [-0.3, -0.25) is 0 Å². The first-order chi connectivity index (χ1) is 15.2. The minimum absolute atomic E-state index is 0.195. The quantitative estimate of drug-likeness (QED) is 0.471. The number of fused-ring (bicyclic) bond motifs is 1. The van der Waals surface area contributed by atoms with E-state index in [9.17, 15) is 4.79 Å². The van der Waals surface area contributed by atoms with Gasteiger partial charge in [0.2, 0.25) is 0 Å². The molecule has 2 heterocycles. The van der Waals surface area contributed by atoms with Crippen molar-refractivity contribution in [2.24, 2.45) is 0 Å². The Kier molecular flexibility index (Phi) is 5.16. The number of H-pyrrole nitrogens is 1. The molecule has 5 nitrogen and oxygen atoms in total. The second-order valence-electron chi connectivity index (χ2n) is 8.22. The van der Waals surface area contributed by atoms with Gasteiger partial charge in [-0.25, -0.2) is 9.78 Å². The van der Waals surface area contributed by atoms with Crippen molar-refractivity contribution < 1.29 is 9.53 Å². The summed E-state index contributed by atoms with van der Waals surface area (Å²) in [6, 6.07) is 22.7. The summed E-state index contributed by atoms with van der Waals surface area (Å²) >= 11 is 0. The topological polar surface area (TPSA) is 58.2 Å². The first-order valence-corrected chi connectivity index (χ1v) is 10.7. The summed E-state index contributed by atoms with van der Waals surface area (Å²) in [5, 5.41) is 2.45. The van der Waals surface area contributed by atoms with Gasteiger partial charge in [0, 0.05) is 24.6 Å². The third kappa shape index (κ3) is 4.17. The molecule has 1 aliphatic heterocycles. The Morgan fingerprint density at radius 2 is 1.90 bits per heavy atom. The van der Waals surface area contributed by atoms with Gasteiger partial charge in [-0.15, -0.1) is 0 Å². The highest BCUT2D eigenvalue weighted by molar-refractivity contribution is 5.87. The SMILES string of the molecule is Cc1ccc2cc(-c3cnc(C4CCN(C(=O)OCc5ccccc5)C4)[nH]3)ccc2c1. The van der Waals surface area contributed by atoms with Gasteiger partial charge >= 0.3 is 6.09 Å². The molecule has 0 spiro atoms.